The average molecular weight is 396 g/mol. The van der Waals surface area contributed by atoms with Crippen LogP contribution in [0.25, 0.3) is 0 Å². The van der Waals surface area contributed by atoms with Gasteiger partial charge in [0.05, 0.1) is 6.04 Å². The minimum Gasteiger partial charge on any atom is -0.487 e. The van der Waals surface area contributed by atoms with Gasteiger partial charge in [0.1, 0.15) is 17.2 Å². The summed E-state index contributed by atoms with van der Waals surface area (Å²) in [7, 11) is 0. The Morgan fingerprint density at radius 3 is 2.79 bits per heavy atom. The Kier molecular flexibility index (Phi) is 7.33. The van der Waals surface area contributed by atoms with Crippen LogP contribution in [0.4, 0.5) is 5.82 Å². The van der Waals surface area contributed by atoms with Crippen molar-refractivity contribution in [3.05, 3.63) is 54.2 Å². The van der Waals surface area contributed by atoms with Gasteiger partial charge in [0.2, 0.25) is 0 Å². The summed E-state index contributed by atoms with van der Waals surface area (Å²) in [6, 6.07) is 14.3. The quantitative estimate of drug-likeness (QED) is 0.356. The van der Waals surface area contributed by atoms with Gasteiger partial charge in [0.15, 0.2) is 5.96 Å². The SMILES string of the molecule is CCNC(=NCCCCNc1ccccn1)NC1CC(C)(C)Oc2ccccc21. The highest BCUT2D eigenvalue weighted by Crippen LogP contribution is 2.39. The van der Waals surface area contributed by atoms with E-state index in [2.05, 4.69) is 53.8 Å². The smallest absolute Gasteiger partial charge is 0.191 e. The minimum atomic E-state index is -0.208. The van der Waals surface area contributed by atoms with Gasteiger partial charge in [-0.1, -0.05) is 24.3 Å². The van der Waals surface area contributed by atoms with Crippen molar-refractivity contribution in [3.63, 3.8) is 0 Å². The van der Waals surface area contributed by atoms with E-state index in [1.807, 2.05) is 30.3 Å². The standard InChI is InChI=1S/C23H33N5O/c1-4-24-22(27-16-10-9-15-26-21-13-7-8-14-25-21)28-19-17-23(2,3)29-20-12-6-5-11-18(19)20/h5-8,11-14,19H,4,9-10,15-17H2,1-3H3,(H,25,26)(H2,24,27,28). The van der Waals surface area contributed by atoms with Crippen molar-refractivity contribution in [1.82, 2.24) is 15.6 Å². The highest BCUT2D eigenvalue weighted by Gasteiger charge is 2.33. The molecule has 0 amide bonds. The molecule has 0 radical (unpaired) electrons. The number of guanidine groups is 1. The van der Waals surface area contributed by atoms with E-state index < -0.39 is 0 Å². The molecule has 0 bridgehead atoms. The van der Waals surface area contributed by atoms with Gasteiger partial charge in [-0.15, -0.1) is 0 Å². The molecule has 1 atom stereocenters. The second-order valence-corrected chi connectivity index (χ2v) is 7.91. The van der Waals surface area contributed by atoms with Crippen LogP contribution in [0.15, 0.2) is 53.7 Å². The van der Waals surface area contributed by atoms with E-state index in [1.165, 1.54) is 5.56 Å². The largest absolute Gasteiger partial charge is 0.487 e. The number of anilines is 1. The number of hydrogen-bond acceptors (Lipinski definition) is 4. The summed E-state index contributed by atoms with van der Waals surface area (Å²) in [5, 5.41) is 10.3. The Morgan fingerprint density at radius 1 is 1.17 bits per heavy atom. The molecule has 1 aliphatic rings. The van der Waals surface area contributed by atoms with Crippen molar-refractivity contribution < 1.29 is 4.74 Å². The predicted octanol–water partition coefficient (Wildman–Crippen LogP) is 4.13. The zero-order valence-corrected chi connectivity index (χ0v) is 17.7. The summed E-state index contributed by atoms with van der Waals surface area (Å²) in [6.07, 6.45) is 4.76. The van der Waals surface area contributed by atoms with Crippen molar-refractivity contribution >= 4 is 11.8 Å². The second kappa shape index (κ2) is 10.1. The summed E-state index contributed by atoms with van der Waals surface area (Å²) in [5.74, 6) is 2.74. The monoisotopic (exact) mass is 395 g/mol. The molecular weight excluding hydrogens is 362 g/mol. The summed E-state index contributed by atoms with van der Waals surface area (Å²) in [5.41, 5.74) is 0.984. The lowest BCUT2D eigenvalue weighted by Gasteiger charge is -2.38. The van der Waals surface area contributed by atoms with E-state index in [1.54, 1.807) is 6.20 Å². The van der Waals surface area contributed by atoms with Gasteiger partial charge < -0.3 is 20.7 Å². The van der Waals surface area contributed by atoms with Gasteiger partial charge in [-0.3, -0.25) is 4.99 Å². The van der Waals surface area contributed by atoms with Crippen LogP contribution < -0.4 is 20.7 Å². The summed E-state index contributed by atoms with van der Waals surface area (Å²) >= 11 is 0. The average Bonchev–Trinajstić information content (AvgIpc) is 2.70. The maximum Gasteiger partial charge on any atom is 0.191 e. The number of nitrogens with one attached hydrogen (secondary N) is 3. The number of aromatic nitrogens is 1. The number of unbranched alkanes of at least 4 members (excludes halogenated alkanes) is 1. The number of fused-ring (bicyclic) bond motifs is 1. The van der Waals surface area contributed by atoms with Crippen molar-refractivity contribution in [2.75, 3.05) is 25.0 Å². The molecule has 1 unspecified atom stereocenters. The molecule has 0 fully saturated rings. The molecule has 156 valence electrons. The van der Waals surface area contributed by atoms with E-state index in [0.717, 1.165) is 56.4 Å². The third kappa shape index (κ3) is 6.38. The number of rotatable bonds is 8. The van der Waals surface area contributed by atoms with Gasteiger partial charge in [0, 0.05) is 37.8 Å². The number of pyridine rings is 1. The number of ether oxygens (including phenoxy) is 1. The maximum absolute atomic E-state index is 6.14. The fraction of sp³-hybridized carbons (Fsp3) is 0.478. The van der Waals surface area contributed by atoms with Gasteiger partial charge in [-0.25, -0.2) is 4.98 Å². The van der Waals surface area contributed by atoms with Gasteiger partial charge in [0.25, 0.3) is 0 Å². The minimum absolute atomic E-state index is 0.179. The van der Waals surface area contributed by atoms with Gasteiger partial charge in [-0.05, 0) is 51.8 Å². The van der Waals surface area contributed by atoms with Crippen LogP contribution in [0.5, 0.6) is 5.75 Å². The van der Waals surface area contributed by atoms with Gasteiger partial charge in [-0.2, -0.15) is 0 Å². The Balaban J connectivity index is 1.52. The number of hydrogen-bond donors (Lipinski definition) is 3. The Bertz CT molecular complexity index is 791. The second-order valence-electron chi connectivity index (χ2n) is 7.91. The van der Waals surface area contributed by atoms with E-state index in [4.69, 9.17) is 9.73 Å². The van der Waals surface area contributed by atoms with Crippen LogP contribution in [0.1, 0.15) is 51.6 Å². The molecule has 0 saturated heterocycles. The normalized spacial score (nSPS) is 17.8. The molecular formula is C23H33N5O. The first-order chi connectivity index (χ1) is 14.1. The van der Waals surface area contributed by atoms with E-state index in [-0.39, 0.29) is 11.6 Å². The van der Waals surface area contributed by atoms with Crippen molar-refractivity contribution in [2.24, 2.45) is 4.99 Å². The van der Waals surface area contributed by atoms with Crippen molar-refractivity contribution in [3.8, 4) is 5.75 Å². The third-order valence-electron chi connectivity index (χ3n) is 4.86. The summed E-state index contributed by atoms with van der Waals surface area (Å²) in [4.78, 5) is 9.06. The van der Waals surface area contributed by atoms with E-state index >= 15 is 0 Å². The Hall–Kier alpha value is -2.76. The lowest BCUT2D eigenvalue weighted by atomic mass is 9.90. The first-order valence-corrected chi connectivity index (χ1v) is 10.5. The molecule has 0 saturated carbocycles. The molecule has 6 nitrogen and oxygen atoms in total. The van der Waals surface area contributed by atoms with Crippen LogP contribution in [0.2, 0.25) is 0 Å². The molecule has 2 aromatic rings. The molecule has 3 rings (SSSR count). The lowest BCUT2D eigenvalue weighted by molar-refractivity contribution is 0.0694. The van der Waals surface area contributed by atoms with Crippen LogP contribution >= 0.6 is 0 Å². The zero-order valence-electron chi connectivity index (χ0n) is 17.7. The Labute approximate surface area is 174 Å². The number of para-hydroxylation sites is 1. The van der Waals surface area contributed by atoms with Crippen LogP contribution in [-0.2, 0) is 0 Å². The van der Waals surface area contributed by atoms with Crippen LogP contribution in [0, 0.1) is 0 Å². The molecule has 3 N–H and O–H groups in total. The number of benzene rings is 1. The molecule has 1 aromatic carbocycles. The number of aliphatic imine (C=N–C) groups is 1. The fourth-order valence-electron chi connectivity index (χ4n) is 3.53. The predicted molar refractivity (Wildman–Crippen MR) is 120 cm³/mol. The van der Waals surface area contributed by atoms with Crippen LogP contribution in [0.3, 0.4) is 0 Å². The first-order valence-electron chi connectivity index (χ1n) is 10.5. The third-order valence-corrected chi connectivity index (χ3v) is 4.86. The molecule has 1 aromatic heterocycles. The van der Waals surface area contributed by atoms with E-state index in [0.29, 0.717) is 0 Å². The summed E-state index contributed by atoms with van der Waals surface area (Å²) < 4.78 is 6.14. The highest BCUT2D eigenvalue weighted by atomic mass is 16.5. The topological polar surface area (TPSA) is 70.6 Å². The zero-order chi connectivity index (χ0) is 20.5. The van der Waals surface area contributed by atoms with Crippen molar-refractivity contribution in [1.29, 1.82) is 0 Å². The first kappa shape index (κ1) is 21.0. The highest BCUT2D eigenvalue weighted by molar-refractivity contribution is 5.80. The molecule has 0 spiro atoms. The van der Waals surface area contributed by atoms with Gasteiger partial charge >= 0.3 is 0 Å². The maximum atomic E-state index is 6.14. The van der Waals surface area contributed by atoms with E-state index in [9.17, 15) is 0 Å². The molecule has 2 heterocycles. The van der Waals surface area contributed by atoms with Crippen molar-refractivity contribution in [2.45, 2.75) is 51.7 Å². The molecule has 1 aliphatic heterocycles. The summed E-state index contributed by atoms with van der Waals surface area (Å²) in [6.45, 7) is 8.88. The fourth-order valence-corrected chi connectivity index (χ4v) is 3.53. The van der Waals surface area contributed by atoms with Crippen LogP contribution in [-0.4, -0.2) is 36.2 Å². The Morgan fingerprint density at radius 2 is 2.00 bits per heavy atom. The number of nitrogens with zero attached hydrogens (tertiary/aromatic N) is 2. The lowest BCUT2D eigenvalue weighted by Crippen LogP contribution is -2.45. The molecule has 6 heteroatoms. The molecule has 0 aliphatic carbocycles. The molecule has 29 heavy (non-hydrogen) atoms.